The average molecular weight is 378 g/mol. The van der Waals surface area contributed by atoms with Crippen molar-refractivity contribution in [1.29, 1.82) is 0 Å². The van der Waals surface area contributed by atoms with E-state index in [1.54, 1.807) is 0 Å². The fourth-order valence-electron chi connectivity index (χ4n) is 3.89. The van der Waals surface area contributed by atoms with Gasteiger partial charge in [0.25, 0.3) is 0 Å². The predicted molar refractivity (Wildman–Crippen MR) is 112 cm³/mol. The minimum absolute atomic E-state index is 0.164. The van der Waals surface area contributed by atoms with Gasteiger partial charge >= 0.3 is 0 Å². The van der Waals surface area contributed by atoms with Crippen LogP contribution in [0.3, 0.4) is 0 Å². The maximum absolute atomic E-state index is 6.54. The van der Waals surface area contributed by atoms with Gasteiger partial charge in [-0.05, 0) is 58.8 Å². The van der Waals surface area contributed by atoms with Crippen molar-refractivity contribution in [2.24, 2.45) is 10.4 Å². The van der Waals surface area contributed by atoms with Gasteiger partial charge < -0.3 is 0 Å². The van der Waals surface area contributed by atoms with Crippen LogP contribution in [-0.4, -0.2) is 40.4 Å². The van der Waals surface area contributed by atoms with E-state index in [4.69, 9.17) is 28.8 Å². The summed E-state index contributed by atoms with van der Waals surface area (Å²) in [7, 11) is 0. The highest BCUT2D eigenvalue weighted by molar-refractivity contribution is 7.80. The third-order valence-electron chi connectivity index (χ3n) is 4.96. The summed E-state index contributed by atoms with van der Waals surface area (Å²) in [6.07, 6.45) is 2.49. The maximum Gasteiger partial charge on any atom is 0.127 e. The van der Waals surface area contributed by atoms with Gasteiger partial charge in [0.05, 0.1) is 27.3 Å². The van der Waals surface area contributed by atoms with E-state index in [-0.39, 0.29) is 17.0 Å². The van der Waals surface area contributed by atoms with Gasteiger partial charge in [0.15, 0.2) is 0 Å². The van der Waals surface area contributed by atoms with Gasteiger partial charge in [-0.15, -0.1) is 0 Å². The first-order valence-electron chi connectivity index (χ1n) is 9.06. The summed E-state index contributed by atoms with van der Waals surface area (Å²) in [5, 5.41) is 0.712. The largest absolute Gasteiger partial charge is 0.293 e. The molecule has 0 N–H and O–H groups in total. The van der Waals surface area contributed by atoms with Crippen molar-refractivity contribution in [1.82, 2.24) is 4.90 Å². The zero-order valence-corrected chi connectivity index (χ0v) is 17.4. The average Bonchev–Trinajstić information content (AvgIpc) is 3.06. The third kappa shape index (κ3) is 3.49. The van der Waals surface area contributed by atoms with Crippen LogP contribution in [0, 0.1) is 5.41 Å². The summed E-state index contributed by atoms with van der Waals surface area (Å²) in [5.41, 5.74) is 0.595. The number of anilines is 1. The minimum Gasteiger partial charge on any atom is -0.293 e. The lowest BCUT2D eigenvalue weighted by Gasteiger charge is -2.33. The van der Waals surface area contributed by atoms with Crippen LogP contribution in [-0.2, 0) is 0 Å². The molecule has 1 aromatic carbocycles. The second kappa shape index (κ2) is 6.64. The van der Waals surface area contributed by atoms with Crippen LogP contribution in [0.15, 0.2) is 29.3 Å². The number of hydrogen-bond donors (Lipinski definition) is 0. The van der Waals surface area contributed by atoms with E-state index in [0.717, 1.165) is 29.6 Å². The molecule has 3 nitrogen and oxygen atoms in total. The molecule has 2 heterocycles. The fourth-order valence-corrected chi connectivity index (χ4v) is 4.42. The number of nitrogens with zero attached hydrogens (tertiary/aromatic N) is 3. The Bertz CT molecular complexity index is 699. The SMILES string of the molecule is CC(C)(C)N=C1[C@H](N2CCCC2)C(C)(C)C(=S)N1c1ccccc1Cl. The predicted octanol–water partition coefficient (Wildman–Crippen LogP) is 5.18. The zero-order chi connectivity index (χ0) is 18.4. The quantitative estimate of drug-likeness (QED) is 0.662. The molecular formula is C20H28ClN3S. The summed E-state index contributed by atoms with van der Waals surface area (Å²) in [4.78, 5) is 10.7. The van der Waals surface area contributed by atoms with Gasteiger partial charge in [0.2, 0.25) is 0 Å². The normalized spacial score (nSPS) is 26.0. The van der Waals surface area contributed by atoms with E-state index in [9.17, 15) is 0 Å². The summed E-state index contributed by atoms with van der Waals surface area (Å²) in [6.45, 7) is 13.1. The molecule has 0 aliphatic carbocycles. The summed E-state index contributed by atoms with van der Waals surface area (Å²) >= 11 is 12.5. The molecule has 1 aromatic rings. The van der Waals surface area contributed by atoms with Gasteiger partial charge in [0, 0.05) is 5.41 Å². The van der Waals surface area contributed by atoms with Crippen molar-refractivity contribution in [3.8, 4) is 0 Å². The van der Waals surface area contributed by atoms with Gasteiger partial charge in [-0.1, -0.05) is 49.8 Å². The van der Waals surface area contributed by atoms with Crippen molar-refractivity contribution >= 4 is 40.3 Å². The van der Waals surface area contributed by atoms with Gasteiger partial charge in [-0.2, -0.15) is 0 Å². The van der Waals surface area contributed by atoms with E-state index < -0.39 is 0 Å². The highest BCUT2D eigenvalue weighted by Gasteiger charge is 2.53. The van der Waals surface area contributed by atoms with E-state index in [0.29, 0.717) is 5.02 Å². The molecule has 0 aromatic heterocycles. The molecule has 0 bridgehead atoms. The van der Waals surface area contributed by atoms with Crippen molar-refractivity contribution < 1.29 is 0 Å². The lowest BCUT2D eigenvalue weighted by atomic mass is 9.86. The Hall–Kier alpha value is -0.970. The minimum atomic E-state index is -0.178. The Labute approximate surface area is 162 Å². The topological polar surface area (TPSA) is 18.8 Å². The Kier molecular flexibility index (Phi) is 5.00. The van der Waals surface area contributed by atoms with Gasteiger partial charge in [0.1, 0.15) is 5.84 Å². The number of likely N-dealkylation sites (tertiary alicyclic amines) is 1. The monoisotopic (exact) mass is 377 g/mol. The maximum atomic E-state index is 6.54. The van der Waals surface area contributed by atoms with Gasteiger partial charge in [-0.25, -0.2) is 0 Å². The molecule has 25 heavy (non-hydrogen) atoms. The number of para-hydroxylation sites is 1. The van der Waals surface area contributed by atoms with Crippen LogP contribution in [0.4, 0.5) is 5.69 Å². The Morgan fingerprint density at radius 2 is 1.76 bits per heavy atom. The molecule has 2 fully saturated rings. The van der Waals surface area contributed by atoms with Crippen LogP contribution in [0.2, 0.25) is 5.02 Å². The molecule has 2 aliphatic rings. The van der Waals surface area contributed by atoms with Crippen LogP contribution in [0.1, 0.15) is 47.5 Å². The summed E-state index contributed by atoms with van der Waals surface area (Å²) in [6, 6.07) is 8.11. The van der Waals surface area contributed by atoms with Crippen molar-refractivity contribution in [2.75, 3.05) is 18.0 Å². The van der Waals surface area contributed by atoms with Crippen molar-refractivity contribution in [3.05, 3.63) is 29.3 Å². The molecule has 3 rings (SSSR count). The smallest absolute Gasteiger partial charge is 0.127 e. The summed E-state index contributed by atoms with van der Waals surface area (Å²) in [5.74, 6) is 1.04. The lowest BCUT2D eigenvalue weighted by Crippen LogP contribution is -2.47. The second-order valence-corrected chi connectivity index (χ2v) is 9.39. The zero-order valence-electron chi connectivity index (χ0n) is 15.8. The highest BCUT2D eigenvalue weighted by Crippen LogP contribution is 2.43. The number of halogens is 1. The van der Waals surface area contributed by atoms with E-state index in [2.05, 4.69) is 44.4 Å². The number of benzene rings is 1. The highest BCUT2D eigenvalue weighted by atomic mass is 35.5. The van der Waals surface area contributed by atoms with Crippen LogP contribution in [0.25, 0.3) is 0 Å². The molecular weight excluding hydrogens is 350 g/mol. The summed E-state index contributed by atoms with van der Waals surface area (Å²) < 4.78 is 0. The molecule has 0 saturated carbocycles. The van der Waals surface area contributed by atoms with E-state index >= 15 is 0 Å². The second-order valence-electron chi connectivity index (χ2n) is 8.60. The first-order chi connectivity index (χ1) is 11.6. The lowest BCUT2D eigenvalue weighted by molar-refractivity contribution is 0.223. The molecule has 136 valence electrons. The molecule has 0 radical (unpaired) electrons. The number of hydrogen-bond acceptors (Lipinski definition) is 3. The number of rotatable bonds is 2. The number of amidine groups is 1. The van der Waals surface area contributed by atoms with Crippen LogP contribution in [0.5, 0.6) is 0 Å². The Morgan fingerprint density at radius 1 is 1.16 bits per heavy atom. The molecule has 0 amide bonds. The van der Waals surface area contributed by atoms with Crippen molar-refractivity contribution in [2.45, 2.75) is 59.0 Å². The Morgan fingerprint density at radius 3 is 2.32 bits per heavy atom. The van der Waals surface area contributed by atoms with Gasteiger partial charge in [-0.3, -0.25) is 14.8 Å². The fraction of sp³-hybridized carbons (Fsp3) is 0.600. The molecule has 1 atom stereocenters. The van der Waals surface area contributed by atoms with E-state index in [1.165, 1.54) is 12.8 Å². The molecule has 0 spiro atoms. The first kappa shape index (κ1) is 18.8. The number of thiocarbonyl (C=S) groups is 1. The van der Waals surface area contributed by atoms with Crippen LogP contribution >= 0.6 is 23.8 Å². The third-order valence-corrected chi connectivity index (χ3v) is 5.99. The van der Waals surface area contributed by atoms with Crippen LogP contribution < -0.4 is 4.90 Å². The first-order valence-corrected chi connectivity index (χ1v) is 9.84. The molecule has 0 unspecified atom stereocenters. The number of aliphatic imine (C=N–C) groups is 1. The molecule has 5 heteroatoms. The van der Waals surface area contributed by atoms with E-state index in [1.807, 2.05) is 24.3 Å². The molecule has 2 saturated heterocycles. The Balaban J connectivity index is 2.17. The van der Waals surface area contributed by atoms with Crippen molar-refractivity contribution in [3.63, 3.8) is 0 Å². The molecule has 2 aliphatic heterocycles. The standard InChI is InChI=1S/C20H28ClN3S/c1-19(2,3)22-17-16(23-12-8-9-13-23)20(4,5)18(25)24(17)15-11-7-6-10-14(15)21/h6-7,10-11,16H,8-9,12-13H2,1-5H3/t16-/m0/s1.